The molecule has 1 rings (SSSR count). The van der Waals surface area contributed by atoms with Gasteiger partial charge in [0.2, 0.25) is 0 Å². The van der Waals surface area contributed by atoms with Gasteiger partial charge in [-0.05, 0) is 40.2 Å². The fourth-order valence-electron chi connectivity index (χ4n) is 1.76. The second-order valence-corrected chi connectivity index (χ2v) is 5.14. The summed E-state index contributed by atoms with van der Waals surface area (Å²) < 4.78 is 7.20. The number of aromatic nitrogens is 2. The molecule has 0 bridgehead atoms. The van der Waals surface area contributed by atoms with Crippen LogP contribution in [0.4, 0.5) is 0 Å². The predicted octanol–water partition coefficient (Wildman–Crippen LogP) is 2.68. The Bertz CT molecular complexity index is 363. The van der Waals surface area contributed by atoms with Crippen molar-refractivity contribution in [3.05, 3.63) is 16.4 Å². The van der Waals surface area contributed by atoms with E-state index >= 15 is 0 Å². The number of nitrogens with zero attached hydrogens (tertiary/aromatic N) is 2. The molecule has 0 aromatic carbocycles. The van der Waals surface area contributed by atoms with Crippen molar-refractivity contribution in [2.24, 2.45) is 7.05 Å². The Morgan fingerprint density at radius 2 is 2.11 bits per heavy atom. The molecule has 4 nitrogen and oxygen atoms in total. The van der Waals surface area contributed by atoms with E-state index in [0.717, 1.165) is 48.9 Å². The summed E-state index contributed by atoms with van der Waals surface area (Å²) in [5.41, 5.74) is 2.09. The maximum atomic E-state index is 6.15. The van der Waals surface area contributed by atoms with Crippen molar-refractivity contribution < 1.29 is 4.74 Å². The van der Waals surface area contributed by atoms with Gasteiger partial charge in [0, 0.05) is 25.8 Å². The van der Waals surface area contributed by atoms with Gasteiger partial charge in [0.15, 0.2) is 0 Å². The first-order valence-corrected chi connectivity index (χ1v) is 6.90. The molecule has 0 saturated heterocycles. The second kappa shape index (κ2) is 7.77. The van der Waals surface area contributed by atoms with Crippen molar-refractivity contribution in [3.8, 4) is 0 Å². The molecule has 0 radical (unpaired) electrons. The molecule has 1 aromatic rings. The molecule has 1 heterocycles. The van der Waals surface area contributed by atoms with Gasteiger partial charge in [-0.15, -0.1) is 0 Å². The van der Waals surface area contributed by atoms with E-state index in [2.05, 4.69) is 24.3 Å². The number of ether oxygens (including phenoxy) is 1. The van der Waals surface area contributed by atoms with Crippen LogP contribution in [-0.2, 0) is 18.3 Å². The van der Waals surface area contributed by atoms with Crippen LogP contribution in [0, 0.1) is 6.92 Å². The second-order valence-electron chi connectivity index (χ2n) is 4.78. The highest BCUT2D eigenvalue weighted by Crippen LogP contribution is 2.17. The molecule has 1 N–H and O–H groups in total. The molecule has 0 amide bonds. The molecule has 0 fully saturated rings. The number of unbranched alkanes of at least 4 members (excludes halogenated alkanes) is 1. The lowest BCUT2D eigenvalue weighted by molar-refractivity contribution is 0.0760. The van der Waals surface area contributed by atoms with Gasteiger partial charge in [-0.25, -0.2) is 0 Å². The van der Waals surface area contributed by atoms with Crippen molar-refractivity contribution in [3.63, 3.8) is 0 Å². The van der Waals surface area contributed by atoms with Crippen LogP contribution in [0.25, 0.3) is 0 Å². The minimum Gasteiger partial charge on any atom is -0.379 e. The predicted molar refractivity (Wildman–Crippen MR) is 75.0 cm³/mol. The first-order valence-electron chi connectivity index (χ1n) is 6.52. The molecular formula is C13H24ClN3O. The van der Waals surface area contributed by atoms with Gasteiger partial charge >= 0.3 is 0 Å². The Morgan fingerprint density at radius 3 is 2.67 bits per heavy atom. The maximum Gasteiger partial charge on any atom is 0.131 e. The summed E-state index contributed by atoms with van der Waals surface area (Å²) in [6, 6.07) is 0. The first-order chi connectivity index (χ1) is 8.52. The molecule has 0 unspecified atom stereocenters. The summed E-state index contributed by atoms with van der Waals surface area (Å²) in [6.45, 7) is 8.71. The fraction of sp³-hybridized carbons (Fsp3) is 0.769. The van der Waals surface area contributed by atoms with Crippen LogP contribution < -0.4 is 5.32 Å². The molecule has 5 heteroatoms. The quantitative estimate of drug-likeness (QED) is 0.740. The van der Waals surface area contributed by atoms with E-state index in [1.807, 2.05) is 14.0 Å². The Hall–Kier alpha value is -0.580. The van der Waals surface area contributed by atoms with Gasteiger partial charge in [-0.3, -0.25) is 4.68 Å². The zero-order valence-electron chi connectivity index (χ0n) is 11.8. The molecule has 0 atom stereocenters. The van der Waals surface area contributed by atoms with E-state index in [9.17, 15) is 0 Å². The standard InChI is InChI=1S/C13H24ClN3O/c1-10(2)18-8-6-5-7-15-9-12-11(3)16-17(4)13(12)14/h10,15H,5-9H2,1-4H3. The van der Waals surface area contributed by atoms with E-state index < -0.39 is 0 Å². The van der Waals surface area contributed by atoms with Crippen molar-refractivity contribution in [1.82, 2.24) is 15.1 Å². The van der Waals surface area contributed by atoms with E-state index in [1.54, 1.807) is 4.68 Å². The first kappa shape index (κ1) is 15.5. The number of hydrogen-bond donors (Lipinski definition) is 1. The topological polar surface area (TPSA) is 39.1 Å². The van der Waals surface area contributed by atoms with Crippen LogP contribution in [-0.4, -0.2) is 29.0 Å². The molecule has 0 saturated carbocycles. The van der Waals surface area contributed by atoms with E-state index in [0.29, 0.717) is 6.10 Å². The lowest BCUT2D eigenvalue weighted by Gasteiger charge is -2.07. The van der Waals surface area contributed by atoms with Gasteiger partial charge in [-0.1, -0.05) is 11.6 Å². The van der Waals surface area contributed by atoms with E-state index in [4.69, 9.17) is 16.3 Å². The molecule has 104 valence electrons. The fourth-order valence-corrected chi connectivity index (χ4v) is 2.00. The third-order valence-electron chi connectivity index (χ3n) is 2.77. The van der Waals surface area contributed by atoms with Crippen molar-refractivity contribution in [1.29, 1.82) is 0 Å². The minimum absolute atomic E-state index is 0.329. The number of aryl methyl sites for hydroxylation is 2. The average molecular weight is 274 g/mol. The molecular weight excluding hydrogens is 250 g/mol. The zero-order chi connectivity index (χ0) is 13.5. The summed E-state index contributed by atoms with van der Waals surface area (Å²) in [4.78, 5) is 0. The van der Waals surface area contributed by atoms with Gasteiger partial charge in [0.25, 0.3) is 0 Å². The lowest BCUT2D eigenvalue weighted by atomic mass is 10.2. The number of rotatable bonds is 8. The number of nitrogens with one attached hydrogen (secondary N) is 1. The minimum atomic E-state index is 0.329. The summed E-state index contributed by atoms with van der Waals surface area (Å²) in [6.07, 6.45) is 2.53. The van der Waals surface area contributed by atoms with Gasteiger partial charge in [-0.2, -0.15) is 5.10 Å². The van der Waals surface area contributed by atoms with Crippen LogP contribution in [0.5, 0.6) is 0 Å². The Kier molecular flexibility index (Phi) is 6.68. The normalized spacial score (nSPS) is 11.4. The highest BCUT2D eigenvalue weighted by atomic mass is 35.5. The molecule has 0 aliphatic carbocycles. The van der Waals surface area contributed by atoms with Crippen LogP contribution in [0.15, 0.2) is 0 Å². The molecule has 1 aromatic heterocycles. The Morgan fingerprint density at radius 1 is 1.39 bits per heavy atom. The third kappa shape index (κ3) is 4.96. The van der Waals surface area contributed by atoms with Crippen LogP contribution in [0.3, 0.4) is 0 Å². The highest BCUT2D eigenvalue weighted by molar-refractivity contribution is 6.30. The number of hydrogen-bond acceptors (Lipinski definition) is 3. The van der Waals surface area contributed by atoms with Crippen molar-refractivity contribution in [2.45, 2.75) is 46.3 Å². The van der Waals surface area contributed by atoms with E-state index in [1.165, 1.54) is 0 Å². The van der Waals surface area contributed by atoms with Gasteiger partial charge in [0.05, 0.1) is 11.8 Å². The molecule has 0 aliphatic heterocycles. The van der Waals surface area contributed by atoms with Crippen LogP contribution >= 0.6 is 11.6 Å². The Balaban J connectivity index is 2.14. The van der Waals surface area contributed by atoms with Crippen molar-refractivity contribution >= 4 is 11.6 Å². The maximum absolute atomic E-state index is 6.15. The molecule has 18 heavy (non-hydrogen) atoms. The van der Waals surface area contributed by atoms with Crippen LogP contribution in [0.1, 0.15) is 37.9 Å². The van der Waals surface area contributed by atoms with Crippen LogP contribution in [0.2, 0.25) is 5.15 Å². The Labute approximate surface area is 115 Å². The zero-order valence-corrected chi connectivity index (χ0v) is 12.5. The smallest absolute Gasteiger partial charge is 0.131 e. The largest absolute Gasteiger partial charge is 0.379 e. The SMILES string of the molecule is Cc1nn(C)c(Cl)c1CNCCCCOC(C)C. The molecule has 0 spiro atoms. The van der Waals surface area contributed by atoms with Gasteiger partial charge < -0.3 is 10.1 Å². The lowest BCUT2D eigenvalue weighted by Crippen LogP contribution is -2.16. The summed E-state index contributed by atoms with van der Waals surface area (Å²) in [5, 5.41) is 8.40. The summed E-state index contributed by atoms with van der Waals surface area (Å²) in [7, 11) is 1.86. The highest BCUT2D eigenvalue weighted by Gasteiger charge is 2.09. The van der Waals surface area contributed by atoms with E-state index in [-0.39, 0.29) is 0 Å². The summed E-state index contributed by atoms with van der Waals surface area (Å²) in [5.74, 6) is 0. The van der Waals surface area contributed by atoms with Gasteiger partial charge in [0.1, 0.15) is 5.15 Å². The van der Waals surface area contributed by atoms with Crippen molar-refractivity contribution in [2.75, 3.05) is 13.2 Å². The third-order valence-corrected chi connectivity index (χ3v) is 3.24. The number of halogens is 1. The summed E-state index contributed by atoms with van der Waals surface area (Å²) >= 11 is 6.15. The monoisotopic (exact) mass is 273 g/mol. The average Bonchev–Trinajstić information content (AvgIpc) is 2.53. The molecule has 0 aliphatic rings.